The maximum atomic E-state index is 13.4. The Balaban J connectivity index is 1.60. The summed E-state index contributed by atoms with van der Waals surface area (Å²) in [5.74, 6) is -2.78. The number of carbonyl (C=O) groups excluding carboxylic acids is 3. The number of amides is 2. The summed E-state index contributed by atoms with van der Waals surface area (Å²) < 4.78 is 24.1. The summed E-state index contributed by atoms with van der Waals surface area (Å²) in [6.07, 6.45) is 4.86. The molecule has 2 aromatic rings. The number of ether oxygens (including phenoxy) is 2. The molecule has 0 saturated heterocycles. The van der Waals surface area contributed by atoms with Crippen molar-refractivity contribution in [1.29, 1.82) is 0 Å². The first-order chi connectivity index (χ1) is 16.3. The Morgan fingerprint density at radius 1 is 1.09 bits per heavy atom. The second-order valence-corrected chi connectivity index (χ2v) is 7.76. The largest absolute Gasteiger partial charge is 0.493 e. The van der Waals surface area contributed by atoms with Crippen LogP contribution in [0.5, 0.6) is 11.5 Å². The van der Waals surface area contributed by atoms with E-state index in [9.17, 15) is 28.9 Å². The van der Waals surface area contributed by atoms with Crippen LogP contribution in [0.2, 0.25) is 0 Å². The minimum absolute atomic E-state index is 0.00393. The van der Waals surface area contributed by atoms with Crippen molar-refractivity contribution in [3.63, 3.8) is 0 Å². The number of rotatable bonds is 9. The molecule has 1 saturated carbocycles. The molecule has 0 radical (unpaired) electrons. The standard InChI is InChI=1S/C23H24FN3O7/c1-33-20-11-14(22(29)23(30)26-15-5-3-2-4-6-15)7-10-19(20)34-13-21(28)25-16-8-9-17(24)18(12-16)27(31)32/h7-12,15H,2-6,13H2,1H3,(H,25,28)(H,26,30). The summed E-state index contributed by atoms with van der Waals surface area (Å²) in [5, 5.41) is 16.0. The van der Waals surface area contributed by atoms with Crippen LogP contribution < -0.4 is 20.1 Å². The van der Waals surface area contributed by atoms with Gasteiger partial charge in [-0.05, 0) is 43.2 Å². The summed E-state index contributed by atoms with van der Waals surface area (Å²) in [7, 11) is 1.34. The molecule has 0 aromatic heterocycles. The highest BCUT2D eigenvalue weighted by atomic mass is 19.1. The number of carbonyl (C=O) groups is 3. The van der Waals surface area contributed by atoms with Crippen molar-refractivity contribution in [3.8, 4) is 11.5 Å². The fraction of sp³-hybridized carbons (Fsp3) is 0.348. The number of nitrogens with one attached hydrogen (secondary N) is 2. The number of methoxy groups -OCH3 is 1. The zero-order valence-corrected chi connectivity index (χ0v) is 18.5. The smallest absolute Gasteiger partial charge is 0.306 e. The fourth-order valence-electron chi connectivity index (χ4n) is 3.63. The Morgan fingerprint density at radius 3 is 2.50 bits per heavy atom. The zero-order valence-electron chi connectivity index (χ0n) is 18.5. The first-order valence-electron chi connectivity index (χ1n) is 10.7. The van der Waals surface area contributed by atoms with Gasteiger partial charge in [0.25, 0.3) is 11.8 Å². The number of nitrogens with zero attached hydrogens (tertiary/aromatic N) is 1. The van der Waals surface area contributed by atoms with Crippen molar-refractivity contribution in [1.82, 2.24) is 5.32 Å². The number of anilines is 1. The Labute approximate surface area is 194 Å². The van der Waals surface area contributed by atoms with E-state index in [0.29, 0.717) is 0 Å². The van der Waals surface area contributed by atoms with E-state index in [-0.39, 0.29) is 28.8 Å². The second-order valence-electron chi connectivity index (χ2n) is 7.76. The minimum Gasteiger partial charge on any atom is -0.493 e. The first-order valence-corrected chi connectivity index (χ1v) is 10.7. The van der Waals surface area contributed by atoms with Crippen LogP contribution in [0.25, 0.3) is 0 Å². The molecule has 0 aliphatic heterocycles. The highest BCUT2D eigenvalue weighted by Gasteiger charge is 2.23. The van der Waals surface area contributed by atoms with Crippen molar-refractivity contribution in [2.75, 3.05) is 19.0 Å². The molecule has 0 heterocycles. The Bertz CT molecular complexity index is 1100. The van der Waals surface area contributed by atoms with E-state index in [1.54, 1.807) is 0 Å². The van der Waals surface area contributed by atoms with Gasteiger partial charge in [0.05, 0.1) is 12.0 Å². The van der Waals surface area contributed by atoms with E-state index in [0.717, 1.165) is 44.2 Å². The number of benzene rings is 2. The van der Waals surface area contributed by atoms with Gasteiger partial charge in [0, 0.05) is 23.4 Å². The molecule has 180 valence electrons. The first kappa shape index (κ1) is 24.6. The fourth-order valence-corrected chi connectivity index (χ4v) is 3.63. The summed E-state index contributed by atoms with van der Waals surface area (Å²) >= 11 is 0. The molecule has 3 rings (SSSR count). The molecule has 10 nitrogen and oxygen atoms in total. The number of Topliss-reactive ketones (excluding diaryl/α,β-unsaturated/α-hetero) is 1. The summed E-state index contributed by atoms with van der Waals surface area (Å²) in [6.45, 7) is -0.489. The van der Waals surface area contributed by atoms with Crippen LogP contribution in [0.3, 0.4) is 0 Å². The monoisotopic (exact) mass is 473 g/mol. The summed E-state index contributed by atoms with van der Waals surface area (Å²) in [6, 6.07) is 7.08. The maximum absolute atomic E-state index is 13.4. The second kappa shape index (κ2) is 11.2. The molecular weight excluding hydrogens is 449 g/mol. The van der Waals surface area contributed by atoms with Crippen LogP contribution in [0.4, 0.5) is 15.8 Å². The predicted molar refractivity (Wildman–Crippen MR) is 120 cm³/mol. The van der Waals surface area contributed by atoms with Crippen molar-refractivity contribution in [3.05, 3.63) is 57.9 Å². The third kappa shape index (κ3) is 6.27. The molecule has 0 atom stereocenters. The molecule has 0 bridgehead atoms. The van der Waals surface area contributed by atoms with Gasteiger partial charge in [-0.25, -0.2) is 0 Å². The van der Waals surface area contributed by atoms with Crippen LogP contribution >= 0.6 is 0 Å². The van der Waals surface area contributed by atoms with Gasteiger partial charge < -0.3 is 20.1 Å². The topological polar surface area (TPSA) is 137 Å². The molecule has 0 spiro atoms. The Hall–Kier alpha value is -4.02. The molecule has 11 heteroatoms. The molecule has 0 unspecified atom stereocenters. The predicted octanol–water partition coefficient (Wildman–Crippen LogP) is 3.39. The van der Waals surface area contributed by atoms with Crippen molar-refractivity contribution in [2.45, 2.75) is 38.1 Å². The number of hydrogen-bond acceptors (Lipinski definition) is 7. The SMILES string of the molecule is COc1cc(C(=O)C(=O)NC2CCCCC2)ccc1OCC(=O)Nc1ccc(F)c([N+](=O)[O-])c1. The molecule has 1 fully saturated rings. The average Bonchev–Trinajstić information content (AvgIpc) is 2.83. The number of halogens is 1. The lowest BCUT2D eigenvalue weighted by atomic mass is 9.95. The van der Waals surface area contributed by atoms with Crippen LogP contribution in [0, 0.1) is 15.9 Å². The van der Waals surface area contributed by atoms with Crippen molar-refractivity contribution < 1.29 is 33.2 Å². The highest BCUT2D eigenvalue weighted by molar-refractivity contribution is 6.42. The van der Waals surface area contributed by atoms with E-state index < -0.39 is 40.6 Å². The van der Waals surface area contributed by atoms with E-state index in [1.165, 1.54) is 31.4 Å². The number of nitro benzene ring substituents is 1. The molecule has 1 aliphatic carbocycles. The molecule has 1 aliphatic rings. The van der Waals surface area contributed by atoms with Crippen LogP contribution in [-0.2, 0) is 9.59 Å². The Kier molecular flexibility index (Phi) is 8.12. The molecule has 2 amide bonds. The highest BCUT2D eigenvalue weighted by Crippen LogP contribution is 2.29. The van der Waals surface area contributed by atoms with E-state index >= 15 is 0 Å². The van der Waals surface area contributed by atoms with Gasteiger partial charge in [0.15, 0.2) is 18.1 Å². The van der Waals surface area contributed by atoms with E-state index in [1.807, 2.05) is 0 Å². The van der Waals surface area contributed by atoms with E-state index in [4.69, 9.17) is 9.47 Å². The van der Waals surface area contributed by atoms with Gasteiger partial charge in [-0.1, -0.05) is 19.3 Å². The van der Waals surface area contributed by atoms with Crippen molar-refractivity contribution in [2.24, 2.45) is 0 Å². The van der Waals surface area contributed by atoms with Crippen molar-refractivity contribution >= 4 is 29.0 Å². The number of nitro groups is 1. The van der Waals surface area contributed by atoms with Gasteiger partial charge >= 0.3 is 5.69 Å². The van der Waals surface area contributed by atoms with Gasteiger partial charge in [0.2, 0.25) is 11.6 Å². The molecular formula is C23H24FN3O7. The Morgan fingerprint density at radius 2 is 1.82 bits per heavy atom. The third-order valence-corrected chi connectivity index (χ3v) is 5.36. The lowest BCUT2D eigenvalue weighted by Gasteiger charge is -2.22. The lowest BCUT2D eigenvalue weighted by Crippen LogP contribution is -2.40. The van der Waals surface area contributed by atoms with Crippen LogP contribution in [-0.4, -0.2) is 42.3 Å². The van der Waals surface area contributed by atoms with E-state index in [2.05, 4.69) is 10.6 Å². The van der Waals surface area contributed by atoms with Gasteiger partial charge in [-0.3, -0.25) is 24.5 Å². The molecule has 2 N–H and O–H groups in total. The average molecular weight is 473 g/mol. The van der Waals surface area contributed by atoms with Gasteiger partial charge in [-0.15, -0.1) is 0 Å². The summed E-state index contributed by atoms with van der Waals surface area (Å²) in [5.41, 5.74) is -0.632. The maximum Gasteiger partial charge on any atom is 0.306 e. The number of hydrogen-bond donors (Lipinski definition) is 2. The molecule has 34 heavy (non-hydrogen) atoms. The minimum atomic E-state index is -1.02. The van der Waals surface area contributed by atoms with Crippen LogP contribution in [0.1, 0.15) is 42.5 Å². The van der Waals surface area contributed by atoms with Gasteiger partial charge in [0.1, 0.15) is 0 Å². The summed E-state index contributed by atoms with van der Waals surface area (Å²) in [4.78, 5) is 46.9. The quantitative estimate of drug-likeness (QED) is 0.246. The normalized spacial score (nSPS) is 13.6. The van der Waals surface area contributed by atoms with Gasteiger partial charge in [-0.2, -0.15) is 4.39 Å². The molecule has 2 aromatic carbocycles. The zero-order chi connectivity index (χ0) is 24.7. The number of ketones is 1. The van der Waals surface area contributed by atoms with Crippen LogP contribution in [0.15, 0.2) is 36.4 Å². The lowest BCUT2D eigenvalue weighted by molar-refractivity contribution is -0.387. The third-order valence-electron chi connectivity index (χ3n) is 5.36.